The standard InChI is InChI=1S/C11H22O5S/c1-5-6-9(16-17(4,13)14)8(2)10-11(3,7-12)15-10/h8-10,12H,5-7H2,1-4H3/t8-,9+,10-,11+/m0/s1. The summed E-state index contributed by atoms with van der Waals surface area (Å²) in [5, 5.41) is 9.14. The summed E-state index contributed by atoms with van der Waals surface area (Å²) in [6, 6.07) is 0. The maximum atomic E-state index is 11.2. The molecule has 102 valence electrons. The van der Waals surface area contributed by atoms with E-state index in [9.17, 15) is 8.42 Å². The van der Waals surface area contributed by atoms with Gasteiger partial charge in [-0.05, 0) is 13.3 Å². The fourth-order valence-electron chi connectivity index (χ4n) is 2.15. The number of hydrogen-bond donors (Lipinski definition) is 1. The highest BCUT2D eigenvalue weighted by atomic mass is 32.2. The average molecular weight is 266 g/mol. The van der Waals surface area contributed by atoms with E-state index < -0.39 is 15.7 Å². The second-order valence-corrected chi connectivity index (χ2v) is 6.60. The smallest absolute Gasteiger partial charge is 0.264 e. The molecule has 0 unspecified atom stereocenters. The lowest BCUT2D eigenvalue weighted by atomic mass is 9.91. The quantitative estimate of drug-likeness (QED) is 0.547. The fourth-order valence-corrected chi connectivity index (χ4v) is 2.87. The molecule has 1 saturated heterocycles. The van der Waals surface area contributed by atoms with Gasteiger partial charge in [-0.3, -0.25) is 4.18 Å². The van der Waals surface area contributed by atoms with Crippen LogP contribution in [0.25, 0.3) is 0 Å². The second kappa shape index (κ2) is 5.22. The Morgan fingerprint density at radius 1 is 1.53 bits per heavy atom. The van der Waals surface area contributed by atoms with Crippen LogP contribution >= 0.6 is 0 Å². The number of rotatable bonds is 7. The average Bonchev–Trinajstić information content (AvgIpc) is 2.88. The zero-order chi connectivity index (χ0) is 13.3. The largest absolute Gasteiger partial charge is 0.393 e. The SMILES string of the molecule is CCC[C@@H](OS(C)(=O)=O)[C@H](C)[C@@H]1O[C@]1(C)CO. The van der Waals surface area contributed by atoms with E-state index in [1.54, 1.807) is 0 Å². The summed E-state index contributed by atoms with van der Waals surface area (Å²) in [5.74, 6) is -0.0539. The van der Waals surface area contributed by atoms with Crippen molar-refractivity contribution in [3.8, 4) is 0 Å². The van der Waals surface area contributed by atoms with Crippen molar-refractivity contribution in [3.05, 3.63) is 0 Å². The molecule has 1 rings (SSSR count). The molecule has 0 saturated carbocycles. The van der Waals surface area contributed by atoms with Crippen molar-refractivity contribution in [3.63, 3.8) is 0 Å². The second-order valence-electron chi connectivity index (χ2n) is 5.00. The maximum absolute atomic E-state index is 11.2. The molecule has 0 aliphatic carbocycles. The Morgan fingerprint density at radius 2 is 2.12 bits per heavy atom. The van der Waals surface area contributed by atoms with Crippen LogP contribution in [0.1, 0.15) is 33.6 Å². The minimum Gasteiger partial charge on any atom is -0.393 e. The molecule has 6 heteroatoms. The van der Waals surface area contributed by atoms with Gasteiger partial charge in [0.2, 0.25) is 0 Å². The Morgan fingerprint density at radius 3 is 2.47 bits per heavy atom. The molecular weight excluding hydrogens is 244 g/mol. The predicted molar refractivity (Wildman–Crippen MR) is 64.2 cm³/mol. The van der Waals surface area contributed by atoms with E-state index in [2.05, 4.69) is 0 Å². The zero-order valence-corrected chi connectivity index (χ0v) is 11.7. The highest BCUT2D eigenvalue weighted by molar-refractivity contribution is 7.86. The van der Waals surface area contributed by atoms with Gasteiger partial charge in [0.15, 0.2) is 0 Å². The van der Waals surface area contributed by atoms with Crippen molar-refractivity contribution in [2.24, 2.45) is 5.92 Å². The number of ether oxygens (including phenoxy) is 1. The third kappa shape index (κ3) is 3.91. The molecule has 4 atom stereocenters. The molecule has 0 aromatic carbocycles. The van der Waals surface area contributed by atoms with E-state index in [-0.39, 0.29) is 24.7 Å². The third-order valence-electron chi connectivity index (χ3n) is 3.19. The predicted octanol–water partition coefficient (Wildman–Crippen LogP) is 0.917. The highest BCUT2D eigenvalue weighted by Crippen LogP contribution is 2.43. The zero-order valence-electron chi connectivity index (χ0n) is 10.8. The lowest BCUT2D eigenvalue weighted by molar-refractivity contribution is 0.120. The number of aliphatic hydroxyl groups excluding tert-OH is 1. The summed E-state index contributed by atoms with van der Waals surface area (Å²) < 4.78 is 32.9. The summed E-state index contributed by atoms with van der Waals surface area (Å²) in [7, 11) is -3.46. The molecule has 1 fully saturated rings. The van der Waals surface area contributed by atoms with E-state index in [1.165, 1.54) is 0 Å². The summed E-state index contributed by atoms with van der Waals surface area (Å²) in [4.78, 5) is 0. The topological polar surface area (TPSA) is 76.1 Å². The van der Waals surface area contributed by atoms with E-state index in [0.717, 1.165) is 12.7 Å². The van der Waals surface area contributed by atoms with Crippen LogP contribution in [0.2, 0.25) is 0 Å². The molecule has 0 spiro atoms. The molecule has 5 nitrogen and oxygen atoms in total. The van der Waals surface area contributed by atoms with Crippen LogP contribution in [-0.4, -0.2) is 44.2 Å². The van der Waals surface area contributed by atoms with Gasteiger partial charge in [-0.25, -0.2) is 0 Å². The summed E-state index contributed by atoms with van der Waals surface area (Å²) >= 11 is 0. The summed E-state index contributed by atoms with van der Waals surface area (Å²) in [6.07, 6.45) is 2.04. The minimum absolute atomic E-state index is 0.0539. The summed E-state index contributed by atoms with van der Waals surface area (Å²) in [5.41, 5.74) is -0.535. The first-order valence-electron chi connectivity index (χ1n) is 5.90. The highest BCUT2D eigenvalue weighted by Gasteiger charge is 2.56. The fraction of sp³-hybridized carbons (Fsp3) is 1.00. The van der Waals surface area contributed by atoms with Gasteiger partial charge in [0.05, 0.1) is 25.1 Å². The van der Waals surface area contributed by atoms with Gasteiger partial charge in [-0.15, -0.1) is 0 Å². The van der Waals surface area contributed by atoms with Crippen molar-refractivity contribution in [1.82, 2.24) is 0 Å². The van der Waals surface area contributed by atoms with Crippen LogP contribution in [0.4, 0.5) is 0 Å². The number of epoxide rings is 1. The van der Waals surface area contributed by atoms with Gasteiger partial charge in [0.1, 0.15) is 5.60 Å². The van der Waals surface area contributed by atoms with Crippen molar-refractivity contribution >= 4 is 10.1 Å². The molecular formula is C11H22O5S. The van der Waals surface area contributed by atoms with E-state index in [4.69, 9.17) is 14.0 Å². The van der Waals surface area contributed by atoms with Crippen molar-refractivity contribution in [2.75, 3.05) is 12.9 Å². The molecule has 0 bridgehead atoms. The third-order valence-corrected chi connectivity index (χ3v) is 3.79. The molecule has 1 aliphatic rings. The van der Waals surface area contributed by atoms with Gasteiger partial charge >= 0.3 is 0 Å². The Hall–Kier alpha value is -0.170. The first kappa shape index (κ1) is 14.9. The van der Waals surface area contributed by atoms with Crippen molar-refractivity contribution in [2.45, 2.75) is 51.4 Å². The van der Waals surface area contributed by atoms with Crippen LogP contribution in [-0.2, 0) is 19.0 Å². The lowest BCUT2D eigenvalue weighted by Crippen LogP contribution is -2.31. The molecule has 1 heterocycles. The van der Waals surface area contributed by atoms with E-state index >= 15 is 0 Å². The van der Waals surface area contributed by atoms with Gasteiger partial charge in [0.25, 0.3) is 10.1 Å². The molecule has 17 heavy (non-hydrogen) atoms. The van der Waals surface area contributed by atoms with Crippen LogP contribution in [0.15, 0.2) is 0 Å². The van der Waals surface area contributed by atoms with Gasteiger partial charge in [-0.2, -0.15) is 8.42 Å². The van der Waals surface area contributed by atoms with Crippen LogP contribution < -0.4 is 0 Å². The maximum Gasteiger partial charge on any atom is 0.264 e. The molecule has 0 aromatic rings. The van der Waals surface area contributed by atoms with Gasteiger partial charge in [0, 0.05) is 5.92 Å². The molecule has 1 N–H and O–H groups in total. The van der Waals surface area contributed by atoms with E-state index in [1.807, 2.05) is 20.8 Å². The van der Waals surface area contributed by atoms with Gasteiger partial charge in [-0.1, -0.05) is 20.3 Å². The van der Waals surface area contributed by atoms with Gasteiger partial charge < -0.3 is 9.84 Å². The van der Waals surface area contributed by atoms with Crippen LogP contribution in [0.5, 0.6) is 0 Å². The van der Waals surface area contributed by atoms with Crippen LogP contribution in [0, 0.1) is 5.92 Å². The Balaban J connectivity index is 2.65. The first-order chi connectivity index (χ1) is 7.73. The molecule has 1 aliphatic heterocycles. The summed E-state index contributed by atoms with van der Waals surface area (Å²) in [6.45, 7) is 5.64. The Bertz CT molecular complexity index is 353. The Kier molecular flexibility index (Phi) is 4.57. The first-order valence-corrected chi connectivity index (χ1v) is 7.72. The van der Waals surface area contributed by atoms with E-state index in [0.29, 0.717) is 6.42 Å². The normalized spacial score (nSPS) is 32.2. The minimum atomic E-state index is -3.46. The lowest BCUT2D eigenvalue weighted by Gasteiger charge is -2.22. The van der Waals surface area contributed by atoms with Crippen molar-refractivity contribution in [1.29, 1.82) is 0 Å². The molecule has 0 aromatic heterocycles. The monoisotopic (exact) mass is 266 g/mol. The molecule has 0 radical (unpaired) electrons. The molecule has 0 amide bonds. The van der Waals surface area contributed by atoms with Crippen molar-refractivity contribution < 1.29 is 22.4 Å². The number of aliphatic hydroxyl groups is 1. The number of hydrogen-bond acceptors (Lipinski definition) is 5. The Labute approximate surface area is 103 Å². The van der Waals surface area contributed by atoms with Crippen LogP contribution in [0.3, 0.4) is 0 Å².